The Hall–Kier alpha value is -0.580. The maximum atomic E-state index is 10.4. The Labute approximate surface area is 97.3 Å². The second-order valence-corrected chi connectivity index (χ2v) is 5.34. The largest absolute Gasteiger partial charge is 0.481 e. The molecule has 0 bridgehead atoms. The van der Waals surface area contributed by atoms with Gasteiger partial charge in [-0.15, -0.1) is 11.3 Å². The molecule has 2 N–H and O–H groups in total. The van der Waals surface area contributed by atoms with Crippen LogP contribution in [0.3, 0.4) is 0 Å². The Morgan fingerprint density at radius 1 is 1.60 bits per heavy atom. The highest BCUT2D eigenvalue weighted by Gasteiger charge is 2.16. The molecular weight excluding hydrogens is 236 g/mol. The number of aliphatic hydroxyl groups is 1. The monoisotopic (exact) mass is 248 g/mol. The Kier molecular flexibility index (Phi) is 4.57. The first-order valence-electron chi connectivity index (χ1n) is 4.64. The summed E-state index contributed by atoms with van der Waals surface area (Å²) in [5, 5.41) is 18.3. The molecule has 15 heavy (non-hydrogen) atoms. The van der Waals surface area contributed by atoms with Crippen LogP contribution in [0.2, 0.25) is 4.34 Å². The van der Waals surface area contributed by atoms with Crippen molar-refractivity contribution in [2.75, 3.05) is 0 Å². The molecule has 0 amide bonds. The molecule has 0 aliphatic carbocycles. The first-order valence-corrected chi connectivity index (χ1v) is 5.83. The maximum absolute atomic E-state index is 10.4. The lowest BCUT2D eigenvalue weighted by Gasteiger charge is -2.13. The smallest absolute Gasteiger partial charge is 0.303 e. The minimum atomic E-state index is -0.834. The van der Waals surface area contributed by atoms with Crippen molar-refractivity contribution in [2.45, 2.75) is 25.9 Å². The van der Waals surface area contributed by atoms with Gasteiger partial charge in [0.25, 0.3) is 0 Å². The Balaban J connectivity index is 2.48. The predicted molar refractivity (Wildman–Crippen MR) is 60.3 cm³/mol. The first kappa shape index (κ1) is 12.5. The van der Waals surface area contributed by atoms with E-state index in [0.717, 1.165) is 4.88 Å². The fourth-order valence-corrected chi connectivity index (χ4v) is 2.45. The second-order valence-electron chi connectivity index (χ2n) is 3.60. The zero-order valence-corrected chi connectivity index (χ0v) is 9.88. The topological polar surface area (TPSA) is 57.5 Å². The van der Waals surface area contributed by atoms with Crippen molar-refractivity contribution in [1.82, 2.24) is 0 Å². The number of aliphatic hydroxyl groups excluding tert-OH is 1. The molecule has 1 heterocycles. The van der Waals surface area contributed by atoms with Crippen molar-refractivity contribution >= 4 is 28.9 Å². The molecule has 0 saturated heterocycles. The van der Waals surface area contributed by atoms with Crippen LogP contribution in [0.15, 0.2) is 12.1 Å². The summed E-state index contributed by atoms with van der Waals surface area (Å²) in [5.74, 6) is -0.878. The lowest BCUT2D eigenvalue weighted by atomic mass is 9.99. The quantitative estimate of drug-likeness (QED) is 0.842. The molecule has 0 aliphatic heterocycles. The first-order chi connectivity index (χ1) is 6.99. The van der Waals surface area contributed by atoms with Crippen LogP contribution in [0.4, 0.5) is 0 Å². The van der Waals surface area contributed by atoms with Crippen LogP contribution in [0.25, 0.3) is 0 Å². The van der Waals surface area contributed by atoms with E-state index in [-0.39, 0.29) is 12.3 Å². The number of hydrogen-bond acceptors (Lipinski definition) is 3. The highest BCUT2D eigenvalue weighted by Crippen LogP contribution is 2.30. The molecule has 0 aliphatic rings. The van der Waals surface area contributed by atoms with E-state index in [1.165, 1.54) is 11.3 Å². The summed E-state index contributed by atoms with van der Waals surface area (Å²) in [4.78, 5) is 11.2. The van der Waals surface area contributed by atoms with Gasteiger partial charge in [0.2, 0.25) is 0 Å². The van der Waals surface area contributed by atoms with Gasteiger partial charge in [-0.25, -0.2) is 0 Å². The minimum Gasteiger partial charge on any atom is -0.481 e. The van der Waals surface area contributed by atoms with E-state index in [4.69, 9.17) is 16.7 Å². The Morgan fingerprint density at radius 3 is 2.73 bits per heavy atom. The fourth-order valence-electron chi connectivity index (χ4n) is 1.39. The average Bonchev–Trinajstić information content (AvgIpc) is 2.49. The van der Waals surface area contributed by atoms with Crippen LogP contribution in [-0.4, -0.2) is 16.2 Å². The summed E-state index contributed by atoms with van der Waals surface area (Å²) in [7, 11) is 0. The van der Waals surface area contributed by atoms with Crippen LogP contribution < -0.4 is 0 Å². The molecule has 1 rings (SSSR count). The van der Waals surface area contributed by atoms with Gasteiger partial charge in [0.1, 0.15) is 0 Å². The molecule has 0 aromatic carbocycles. The zero-order chi connectivity index (χ0) is 11.4. The highest BCUT2D eigenvalue weighted by molar-refractivity contribution is 7.16. The van der Waals surface area contributed by atoms with Gasteiger partial charge in [-0.2, -0.15) is 0 Å². The number of carboxylic acid groups (broad SMARTS) is 1. The number of carboxylic acids is 1. The lowest BCUT2D eigenvalue weighted by molar-refractivity contribution is -0.138. The average molecular weight is 249 g/mol. The van der Waals surface area contributed by atoms with E-state index in [1.54, 1.807) is 12.1 Å². The van der Waals surface area contributed by atoms with Crippen molar-refractivity contribution in [3.05, 3.63) is 21.3 Å². The number of aliphatic carboxylic acids is 1. The van der Waals surface area contributed by atoms with Crippen LogP contribution in [0, 0.1) is 5.92 Å². The zero-order valence-electron chi connectivity index (χ0n) is 8.31. The van der Waals surface area contributed by atoms with Gasteiger partial charge >= 0.3 is 5.97 Å². The maximum Gasteiger partial charge on any atom is 0.303 e. The molecule has 84 valence electrons. The van der Waals surface area contributed by atoms with Crippen molar-refractivity contribution in [1.29, 1.82) is 0 Å². The molecule has 0 fully saturated rings. The van der Waals surface area contributed by atoms with Crippen molar-refractivity contribution in [2.24, 2.45) is 5.92 Å². The molecule has 0 radical (unpaired) electrons. The normalized spacial score (nSPS) is 14.9. The van der Waals surface area contributed by atoms with E-state index < -0.39 is 12.1 Å². The van der Waals surface area contributed by atoms with E-state index in [1.807, 2.05) is 6.92 Å². The Morgan fingerprint density at radius 2 is 2.27 bits per heavy atom. The number of carbonyl (C=O) groups is 1. The van der Waals surface area contributed by atoms with Crippen molar-refractivity contribution in [3.8, 4) is 0 Å². The van der Waals surface area contributed by atoms with Crippen LogP contribution >= 0.6 is 22.9 Å². The standard InChI is InChI=1S/C10H13ClO3S/c1-6(5-10(13)14)4-7(12)8-2-3-9(11)15-8/h2-3,6-7,12H,4-5H2,1H3,(H,13,14). The van der Waals surface area contributed by atoms with Gasteiger partial charge in [-0.1, -0.05) is 18.5 Å². The summed E-state index contributed by atoms with van der Waals surface area (Å²) < 4.78 is 0.634. The third-order valence-electron chi connectivity index (χ3n) is 2.07. The number of thiophene rings is 1. The van der Waals surface area contributed by atoms with Gasteiger partial charge in [0.15, 0.2) is 0 Å². The van der Waals surface area contributed by atoms with Gasteiger partial charge in [-0.05, 0) is 24.5 Å². The molecule has 1 aromatic rings. The van der Waals surface area contributed by atoms with Crippen molar-refractivity contribution in [3.63, 3.8) is 0 Å². The summed E-state index contributed by atoms with van der Waals surface area (Å²) >= 11 is 7.06. The molecule has 1 aromatic heterocycles. The van der Waals surface area contributed by atoms with E-state index in [0.29, 0.717) is 10.8 Å². The van der Waals surface area contributed by atoms with E-state index in [9.17, 15) is 9.90 Å². The summed E-state index contributed by atoms with van der Waals surface area (Å²) in [6.45, 7) is 1.81. The molecular formula is C10H13ClO3S. The number of hydrogen-bond donors (Lipinski definition) is 2. The molecule has 2 atom stereocenters. The summed E-state index contributed by atoms with van der Waals surface area (Å²) in [5.41, 5.74) is 0. The second kappa shape index (κ2) is 5.49. The van der Waals surface area contributed by atoms with Crippen molar-refractivity contribution < 1.29 is 15.0 Å². The Bertz CT molecular complexity index is 337. The van der Waals surface area contributed by atoms with E-state index in [2.05, 4.69) is 0 Å². The minimum absolute atomic E-state index is 0.0432. The fraction of sp³-hybridized carbons (Fsp3) is 0.500. The molecule has 2 unspecified atom stereocenters. The van der Waals surface area contributed by atoms with Gasteiger partial charge in [0, 0.05) is 11.3 Å². The summed E-state index contributed by atoms with van der Waals surface area (Å²) in [6.07, 6.45) is -0.0869. The molecule has 3 nitrogen and oxygen atoms in total. The van der Waals surface area contributed by atoms with Crippen LogP contribution in [0.1, 0.15) is 30.7 Å². The summed E-state index contributed by atoms with van der Waals surface area (Å²) in [6, 6.07) is 3.50. The van der Waals surface area contributed by atoms with Gasteiger partial charge in [0.05, 0.1) is 10.4 Å². The highest BCUT2D eigenvalue weighted by atomic mass is 35.5. The third kappa shape index (κ3) is 4.20. The van der Waals surface area contributed by atoms with Crippen LogP contribution in [-0.2, 0) is 4.79 Å². The van der Waals surface area contributed by atoms with Gasteiger partial charge < -0.3 is 10.2 Å². The molecule has 0 spiro atoms. The van der Waals surface area contributed by atoms with E-state index >= 15 is 0 Å². The third-order valence-corrected chi connectivity index (χ3v) is 3.40. The molecule has 5 heteroatoms. The molecule has 0 saturated carbocycles. The number of rotatable bonds is 5. The lowest BCUT2D eigenvalue weighted by Crippen LogP contribution is -2.08. The van der Waals surface area contributed by atoms with Gasteiger partial charge in [-0.3, -0.25) is 4.79 Å². The SMILES string of the molecule is CC(CC(=O)O)CC(O)c1ccc(Cl)s1. The number of halogens is 1. The predicted octanol–water partition coefficient (Wildman–Crippen LogP) is 2.94. The van der Waals surface area contributed by atoms with Crippen LogP contribution in [0.5, 0.6) is 0 Å².